The smallest absolute Gasteiger partial charge is 0.258 e. The second-order valence-electron chi connectivity index (χ2n) is 7.65. The van der Waals surface area contributed by atoms with Gasteiger partial charge in [-0.05, 0) is 68.2 Å². The van der Waals surface area contributed by atoms with Crippen molar-refractivity contribution >= 4 is 11.6 Å². The van der Waals surface area contributed by atoms with Crippen molar-refractivity contribution in [2.24, 2.45) is 0 Å². The monoisotopic (exact) mass is 381 g/mol. The van der Waals surface area contributed by atoms with Crippen LogP contribution in [0, 0.1) is 6.92 Å². The molecule has 1 fully saturated rings. The highest BCUT2D eigenvalue weighted by molar-refractivity contribution is 5.77. The molecule has 150 valence electrons. The van der Waals surface area contributed by atoms with E-state index >= 15 is 0 Å². The van der Waals surface area contributed by atoms with Gasteiger partial charge >= 0.3 is 0 Å². The second kappa shape index (κ2) is 9.60. The number of hydrogen-bond acceptors (Lipinski definition) is 4. The molecule has 1 aliphatic heterocycles. The van der Waals surface area contributed by atoms with Crippen LogP contribution in [0.15, 0.2) is 48.5 Å². The molecule has 3 rings (SSSR count). The van der Waals surface area contributed by atoms with Crippen molar-refractivity contribution in [2.45, 2.75) is 25.8 Å². The average molecular weight is 382 g/mol. The fourth-order valence-corrected chi connectivity index (χ4v) is 3.62. The summed E-state index contributed by atoms with van der Waals surface area (Å²) in [4.78, 5) is 16.9. The van der Waals surface area contributed by atoms with Gasteiger partial charge in [-0.15, -0.1) is 0 Å². The van der Waals surface area contributed by atoms with E-state index in [-0.39, 0.29) is 18.6 Å². The molecule has 5 heteroatoms. The molecule has 0 saturated carbocycles. The molecule has 1 N–H and O–H groups in total. The zero-order valence-electron chi connectivity index (χ0n) is 17.1. The number of hydrogen-bond donors (Lipinski definition) is 1. The van der Waals surface area contributed by atoms with Crippen molar-refractivity contribution < 1.29 is 9.53 Å². The summed E-state index contributed by atoms with van der Waals surface area (Å²) in [7, 11) is 4.09. The highest BCUT2D eigenvalue weighted by Gasteiger charge is 2.24. The molecule has 0 spiro atoms. The van der Waals surface area contributed by atoms with E-state index in [1.165, 1.54) is 24.1 Å². The Bertz CT molecular complexity index is 768. The maximum atomic E-state index is 12.3. The third kappa shape index (κ3) is 5.49. The summed E-state index contributed by atoms with van der Waals surface area (Å²) < 4.78 is 5.62. The van der Waals surface area contributed by atoms with Crippen LogP contribution in [0.25, 0.3) is 0 Å². The summed E-state index contributed by atoms with van der Waals surface area (Å²) in [6.07, 6.45) is 2.44. The first-order valence-electron chi connectivity index (χ1n) is 10.0. The van der Waals surface area contributed by atoms with E-state index < -0.39 is 0 Å². The van der Waals surface area contributed by atoms with E-state index in [1.54, 1.807) is 0 Å². The van der Waals surface area contributed by atoms with E-state index in [1.807, 2.05) is 45.3 Å². The van der Waals surface area contributed by atoms with E-state index in [0.717, 1.165) is 24.4 Å². The maximum Gasteiger partial charge on any atom is 0.258 e. The average Bonchev–Trinajstić information content (AvgIpc) is 3.21. The molecule has 5 nitrogen and oxygen atoms in total. The number of nitrogens with one attached hydrogen (secondary N) is 1. The first kappa shape index (κ1) is 20.2. The van der Waals surface area contributed by atoms with Crippen LogP contribution in [0.2, 0.25) is 0 Å². The number of amides is 1. The van der Waals surface area contributed by atoms with Crippen LogP contribution in [0.1, 0.15) is 30.0 Å². The Kier molecular flexibility index (Phi) is 6.93. The third-order valence-electron chi connectivity index (χ3n) is 5.23. The minimum absolute atomic E-state index is 0.0374. The minimum Gasteiger partial charge on any atom is -0.484 e. The van der Waals surface area contributed by atoms with Crippen molar-refractivity contribution in [3.8, 4) is 5.75 Å². The molecule has 0 unspecified atom stereocenters. The lowest BCUT2D eigenvalue weighted by Gasteiger charge is -2.28. The maximum absolute atomic E-state index is 12.3. The molecule has 1 saturated heterocycles. The number of carbonyl (C=O) groups excluding carboxylic acids is 1. The molecule has 2 aromatic carbocycles. The van der Waals surface area contributed by atoms with Gasteiger partial charge in [0.15, 0.2) is 6.61 Å². The van der Waals surface area contributed by atoms with Gasteiger partial charge in [0.25, 0.3) is 5.91 Å². The molecule has 1 atom stereocenters. The Morgan fingerprint density at radius 2 is 1.86 bits per heavy atom. The quantitative estimate of drug-likeness (QED) is 0.761. The lowest BCUT2D eigenvalue weighted by molar-refractivity contribution is -0.123. The highest BCUT2D eigenvalue weighted by atomic mass is 16.5. The third-order valence-corrected chi connectivity index (χ3v) is 5.23. The lowest BCUT2D eigenvalue weighted by atomic mass is 10.0. The van der Waals surface area contributed by atoms with Crippen LogP contribution in [0.3, 0.4) is 0 Å². The van der Waals surface area contributed by atoms with E-state index in [9.17, 15) is 4.79 Å². The largest absolute Gasteiger partial charge is 0.484 e. The SMILES string of the molecule is Cc1cccc(OCC(=O)NC[C@@H](c2ccc(N(C)C)cc2)N2CCCC2)c1. The van der Waals surface area contributed by atoms with Crippen LogP contribution in [-0.2, 0) is 4.79 Å². The fourth-order valence-electron chi connectivity index (χ4n) is 3.62. The van der Waals surface area contributed by atoms with Crippen LogP contribution in [0.4, 0.5) is 5.69 Å². The van der Waals surface area contributed by atoms with Gasteiger partial charge in [0.2, 0.25) is 0 Å². The summed E-state index contributed by atoms with van der Waals surface area (Å²) in [5.41, 5.74) is 3.54. The Morgan fingerprint density at radius 1 is 1.14 bits per heavy atom. The van der Waals surface area contributed by atoms with Crippen LogP contribution in [-0.4, -0.2) is 51.1 Å². The summed E-state index contributed by atoms with van der Waals surface area (Å²) in [6, 6.07) is 16.6. The number of carbonyl (C=O) groups is 1. The van der Waals surface area contributed by atoms with Gasteiger partial charge in [-0.3, -0.25) is 9.69 Å². The summed E-state index contributed by atoms with van der Waals surface area (Å²) >= 11 is 0. The summed E-state index contributed by atoms with van der Waals surface area (Å²) in [5.74, 6) is 0.640. The molecule has 0 bridgehead atoms. The van der Waals surface area contributed by atoms with Gasteiger partial charge < -0.3 is 15.0 Å². The van der Waals surface area contributed by atoms with E-state index in [0.29, 0.717) is 6.54 Å². The normalized spacial score (nSPS) is 15.2. The number of anilines is 1. The summed E-state index contributed by atoms with van der Waals surface area (Å²) in [6.45, 7) is 4.80. The topological polar surface area (TPSA) is 44.8 Å². The molecule has 2 aromatic rings. The van der Waals surface area contributed by atoms with Crippen LogP contribution in [0.5, 0.6) is 5.75 Å². The van der Waals surface area contributed by atoms with Crippen molar-refractivity contribution in [1.29, 1.82) is 0 Å². The first-order valence-corrected chi connectivity index (χ1v) is 10.0. The molecule has 0 aliphatic carbocycles. The Labute approximate surface area is 168 Å². The summed E-state index contributed by atoms with van der Waals surface area (Å²) in [5, 5.41) is 3.06. The Balaban J connectivity index is 1.59. The van der Waals surface area contributed by atoms with Crippen molar-refractivity contribution in [1.82, 2.24) is 10.2 Å². The molecule has 1 aliphatic rings. The number of likely N-dealkylation sites (tertiary alicyclic amines) is 1. The Morgan fingerprint density at radius 3 is 2.50 bits per heavy atom. The molecule has 28 heavy (non-hydrogen) atoms. The minimum atomic E-state index is -0.0874. The van der Waals surface area contributed by atoms with E-state index in [4.69, 9.17) is 4.74 Å². The van der Waals surface area contributed by atoms with Crippen molar-refractivity contribution in [3.63, 3.8) is 0 Å². The van der Waals surface area contributed by atoms with Gasteiger partial charge in [-0.1, -0.05) is 24.3 Å². The number of aryl methyl sites for hydroxylation is 1. The van der Waals surface area contributed by atoms with Gasteiger partial charge in [0.1, 0.15) is 5.75 Å². The highest BCUT2D eigenvalue weighted by Crippen LogP contribution is 2.26. The predicted octanol–water partition coefficient (Wildman–Crippen LogP) is 3.39. The van der Waals surface area contributed by atoms with Crippen LogP contribution < -0.4 is 15.0 Å². The number of benzene rings is 2. The van der Waals surface area contributed by atoms with Crippen molar-refractivity contribution in [3.05, 3.63) is 59.7 Å². The number of nitrogens with zero attached hydrogens (tertiary/aromatic N) is 2. The van der Waals surface area contributed by atoms with Crippen LogP contribution >= 0.6 is 0 Å². The Hall–Kier alpha value is -2.53. The molecular formula is C23H31N3O2. The number of ether oxygens (including phenoxy) is 1. The standard InChI is InChI=1S/C23H31N3O2/c1-18-7-6-8-21(15-18)28-17-23(27)24-16-22(26-13-4-5-14-26)19-9-11-20(12-10-19)25(2)3/h6-12,15,22H,4-5,13-14,16-17H2,1-3H3,(H,24,27)/t22-/m0/s1. The predicted molar refractivity (Wildman–Crippen MR) is 114 cm³/mol. The number of rotatable bonds is 8. The zero-order chi connectivity index (χ0) is 19.9. The zero-order valence-corrected chi connectivity index (χ0v) is 17.1. The van der Waals surface area contributed by atoms with Gasteiger partial charge in [-0.25, -0.2) is 0 Å². The van der Waals surface area contributed by atoms with Crippen molar-refractivity contribution in [2.75, 3.05) is 45.2 Å². The lowest BCUT2D eigenvalue weighted by Crippen LogP contribution is -2.38. The molecular weight excluding hydrogens is 350 g/mol. The molecule has 1 heterocycles. The first-order chi connectivity index (χ1) is 13.5. The van der Waals surface area contributed by atoms with E-state index in [2.05, 4.69) is 39.4 Å². The molecule has 0 aromatic heterocycles. The van der Waals surface area contributed by atoms with Gasteiger partial charge in [0.05, 0.1) is 6.04 Å². The van der Waals surface area contributed by atoms with Gasteiger partial charge in [-0.2, -0.15) is 0 Å². The fraction of sp³-hybridized carbons (Fsp3) is 0.435. The second-order valence-corrected chi connectivity index (χ2v) is 7.65. The molecule has 0 radical (unpaired) electrons. The molecule has 1 amide bonds. The van der Waals surface area contributed by atoms with Gasteiger partial charge in [0, 0.05) is 26.3 Å².